The van der Waals surface area contributed by atoms with Crippen molar-refractivity contribution in [3.05, 3.63) is 11.6 Å². The third-order valence-electron chi connectivity index (χ3n) is 2.60. The molecule has 2 heterocycles. The zero-order valence-corrected chi connectivity index (χ0v) is 9.41. The minimum absolute atomic E-state index is 0.636. The van der Waals surface area contributed by atoms with Gasteiger partial charge in [0.15, 0.2) is 5.13 Å². The molecule has 1 aliphatic heterocycles. The molecule has 5 heteroatoms. The Balaban J connectivity index is 1.80. The average Bonchev–Trinajstić information content (AvgIpc) is 2.80. The van der Waals surface area contributed by atoms with Gasteiger partial charge in [-0.2, -0.15) is 5.26 Å². The van der Waals surface area contributed by atoms with E-state index in [4.69, 9.17) is 5.26 Å². The van der Waals surface area contributed by atoms with E-state index in [1.807, 2.05) is 11.6 Å². The lowest BCUT2D eigenvalue weighted by Crippen LogP contribution is -2.46. The second kappa shape index (κ2) is 5.10. The number of anilines is 1. The van der Waals surface area contributed by atoms with Gasteiger partial charge in [-0.25, -0.2) is 4.98 Å². The van der Waals surface area contributed by atoms with Crippen molar-refractivity contribution in [2.45, 2.75) is 6.42 Å². The van der Waals surface area contributed by atoms with Crippen molar-refractivity contribution in [1.82, 2.24) is 9.88 Å². The van der Waals surface area contributed by atoms with E-state index in [0.717, 1.165) is 37.9 Å². The number of rotatable bonds is 3. The molecule has 1 fully saturated rings. The predicted octanol–water partition coefficient (Wildman–Crippen LogP) is 1.18. The van der Waals surface area contributed by atoms with Crippen molar-refractivity contribution in [3.63, 3.8) is 0 Å². The molecule has 15 heavy (non-hydrogen) atoms. The van der Waals surface area contributed by atoms with E-state index >= 15 is 0 Å². The molecule has 0 aromatic carbocycles. The first kappa shape index (κ1) is 10.4. The Hall–Kier alpha value is -1.12. The van der Waals surface area contributed by atoms with Crippen LogP contribution in [0, 0.1) is 11.3 Å². The highest BCUT2D eigenvalue weighted by molar-refractivity contribution is 7.13. The van der Waals surface area contributed by atoms with E-state index in [9.17, 15) is 0 Å². The van der Waals surface area contributed by atoms with Crippen molar-refractivity contribution in [2.24, 2.45) is 0 Å². The maximum Gasteiger partial charge on any atom is 0.185 e. The van der Waals surface area contributed by atoms with Gasteiger partial charge in [-0.15, -0.1) is 11.3 Å². The molecule has 1 aromatic rings. The molecule has 1 aromatic heterocycles. The molecule has 0 amide bonds. The van der Waals surface area contributed by atoms with Gasteiger partial charge >= 0.3 is 0 Å². The van der Waals surface area contributed by atoms with Crippen LogP contribution in [0.1, 0.15) is 6.42 Å². The average molecular weight is 222 g/mol. The van der Waals surface area contributed by atoms with Gasteiger partial charge in [0.1, 0.15) is 0 Å². The molecule has 0 saturated carbocycles. The Morgan fingerprint density at radius 1 is 1.40 bits per heavy atom. The summed E-state index contributed by atoms with van der Waals surface area (Å²) in [6.45, 7) is 5.04. The zero-order chi connectivity index (χ0) is 10.5. The third kappa shape index (κ3) is 2.67. The summed E-state index contributed by atoms with van der Waals surface area (Å²) in [6.07, 6.45) is 2.49. The van der Waals surface area contributed by atoms with Gasteiger partial charge in [0.25, 0.3) is 0 Å². The number of thiazole rings is 1. The summed E-state index contributed by atoms with van der Waals surface area (Å²) < 4.78 is 0. The Bertz CT molecular complexity index is 322. The molecule has 1 saturated heterocycles. The minimum Gasteiger partial charge on any atom is -0.346 e. The van der Waals surface area contributed by atoms with E-state index < -0.39 is 0 Å². The van der Waals surface area contributed by atoms with Crippen LogP contribution in [0.2, 0.25) is 0 Å². The molecule has 0 spiro atoms. The van der Waals surface area contributed by atoms with E-state index in [0.29, 0.717) is 6.42 Å². The number of aromatic nitrogens is 1. The molecule has 1 aliphatic rings. The summed E-state index contributed by atoms with van der Waals surface area (Å²) in [6, 6.07) is 2.19. The molecule has 0 radical (unpaired) electrons. The van der Waals surface area contributed by atoms with Crippen molar-refractivity contribution in [1.29, 1.82) is 5.26 Å². The maximum absolute atomic E-state index is 8.50. The Morgan fingerprint density at radius 2 is 2.20 bits per heavy atom. The number of nitrogens with zero attached hydrogens (tertiary/aromatic N) is 4. The lowest BCUT2D eigenvalue weighted by atomic mass is 10.3. The molecule has 4 nitrogen and oxygen atoms in total. The number of hydrogen-bond acceptors (Lipinski definition) is 5. The highest BCUT2D eigenvalue weighted by atomic mass is 32.1. The van der Waals surface area contributed by atoms with Crippen LogP contribution >= 0.6 is 11.3 Å². The van der Waals surface area contributed by atoms with Crippen molar-refractivity contribution in [3.8, 4) is 6.07 Å². The maximum atomic E-state index is 8.50. The van der Waals surface area contributed by atoms with E-state index in [2.05, 4.69) is 20.9 Å². The van der Waals surface area contributed by atoms with Crippen LogP contribution in [0.4, 0.5) is 5.13 Å². The summed E-state index contributed by atoms with van der Waals surface area (Å²) in [5.74, 6) is 0. The lowest BCUT2D eigenvalue weighted by Gasteiger charge is -2.34. The smallest absolute Gasteiger partial charge is 0.185 e. The zero-order valence-electron chi connectivity index (χ0n) is 8.59. The normalized spacial score (nSPS) is 17.7. The quantitative estimate of drug-likeness (QED) is 0.770. The van der Waals surface area contributed by atoms with Gasteiger partial charge in [-0.3, -0.25) is 4.90 Å². The summed E-state index contributed by atoms with van der Waals surface area (Å²) in [7, 11) is 0. The van der Waals surface area contributed by atoms with E-state index in [1.165, 1.54) is 0 Å². The van der Waals surface area contributed by atoms with Gasteiger partial charge in [0.05, 0.1) is 6.07 Å². The molecular weight excluding hydrogens is 208 g/mol. The topological polar surface area (TPSA) is 43.2 Å². The van der Waals surface area contributed by atoms with Crippen LogP contribution in [0.3, 0.4) is 0 Å². The fourth-order valence-electron chi connectivity index (χ4n) is 1.74. The van der Waals surface area contributed by atoms with Crippen LogP contribution in [0.5, 0.6) is 0 Å². The lowest BCUT2D eigenvalue weighted by molar-refractivity contribution is 0.263. The first-order valence-corrected chi connectivity index (χ1v) is 6.02. The van der Waals surface area contributed by atoms with Crippen LogP contribution in [-0.2, 0) is 0 Å². The van der Waals surface area contributed by atoms with Gasteiger partial charge in [0.2, 0.25) is 0 Å². The Kier molecular flexibility index (Phi) is 3.54. The highest BCUT2D eigenvalue weighted by Gasteiger charge is 2.17. The SMILES string of the molecule is N#CCCN1CCN(c2nccs2)CC1. The summed E-state index contributed by atoms with van der Waals surface area (Å²) in [5, 5.41) is 11.6. The summed E-state index contributed by atoms with van der Waals surface area (Å²) in [4.78, 5) is 8.95. The van der Waals surface area contributed by atoms with Crippen LogP contribution < -0.4 is 4.90 Å². The second-order valence-electron chi connectivity index (χ2n) is 3.55. The van der Waals surface area contributed by atoms with E-state index in [1.54, 1.807) is 11.3 Å². The highest BCUT2D eigenvalue weighted by Crippen LogP contribution is 2.18. The van der Waals surface area contributed by atoms with Crippen LogP contribution in [-0.4, -0.2) is 42.6 Å². The fraction of sp³-hybridized carbons (Fsp3) is 0.600. The molecule has 0 N–H and O–H groups in total. The van der Waals surface area contributed by atoms with Gasteiger partial charge in [-0.1, -0.05) is 0 Å². The molecular formula is C10H14N4S. The van der Waals surface area contributed by atoms with Crippen molar-refractivity contribution >= 4 is 16.5 Å². The van der Waals surface area contributed by atoms with Crippen molar-refractivity contribution < 1.29 is 0 Å². The number of hydrogen-bond donors (Lipinski definition) is 0. The Morgan fingerprint density at radius 3 is 2.80 bits per heavy atom. The largest absolute Gasteiger partial charge is 0.346 e. The van der Waals surface area contributed by atoms with Gasteiger partial charge in [-0.05, 0) is 0 Å². The van der Waals surface area contributed by atoms with Gasteiger partial charge < -0.3 is 4.90 Å². The monoisotopic (exact) mass is 222 g/mol. The summed E-state index contributed by atoms with van der Waals surface area (Å²) >= 11 is 1.69. The molecule has 2 rings (SSSR count). The van der Waals surface area contributed by atoms with Crippen molar-refractivity contribution in [2.75, 3.05) is 37.6 Å². The first-order valence-electron chi connectivity index (χ1n) is 5.14. The minimum atomic E-state index is 0.636. The molecule has 0 aliphatic carbocycles. The fourth-order valence-corrected chi connectivity index (χ4v) is 2.44. The third-order valence-corrected chi connectivity index (χ3v) is 3.43. The summed E-state index contributed by atoms with van der Waals surface area (Å²) in [5.41, 5.74) is 0. The predicted molar refractivity (Wildman–Crippen MR) is 61.0 cm³/mol. The standard InChI is InChI=1S/C10H14N4S/c11-2-1-4-13-5-7-14(8-6-13)10-12-3-9-15-10/h3,9H,1,4-8H2. The second-order valence-corrected chi connectivity index (χ2v) is 4.42. The number of nitriles is 1. The molecule has 0 atom stereocenters. The van der Waals surface area contributed by atoms with Crippen LogP contribution in [0.15, 0.2) is 11.6 Å². The van der Waals surface area contributed by atoms with E-state index in [-0.39, 0.29) is 0 Å². The molecule has 80 valence electrons. The molecule has 0 unspecified atom stereocenters. The molecule has 0 bridgehead atoms. The van der Waals surface area contributed by atoms with Crippen LogP contribution in [0.25, 0.3) is 0 Å². The first-order chi connectivity index (χ1) is 7.40. The number of piperazine rings is 1. The van der Waals surface area contributed by atoms with Gasteiger partial charge in [0, 0.05) is 50.7 Å². The Labute approximate surface area is 93.8 Å².